The van der Waals surface area contributed by atoms with Crippen LogP contribution in [0.1, 0.15) is 29.7 Å². The number of unbranched alkanes of at least 4 members (excludes halogenated alkanes) is 1. The van der Waals surface area contributed by atoms with Crippen LogP contribution in [0.25, 0.3) is 0 Å². The van der Waals surface area contributed by atoms with Gasteiger partial charge in [0.15, 0.2) is 5.96 Å². The normalized spacial score (nSPS) is 11.1. The van der Waals surface area contributed by atoms with E-state index in [1.54, 1.807) is 11.3 Å². The van der Waals surface area contributed by atoms with Crippen LogP contribution < -0.4 is 10.6 Å². The van der Waals surface area contributed by atoms with Crippen molar-refractivity contribution in [2.45, 2.75) is 33.2 Å². The van der Waals surface area contributed by atoms with E-state index < -0.39 is 0 Å². The fraction of sp³-hybridized carbons (Fsp3) is 0.692. The van der Waals surface area contributed by atoms with E-state index in [2.05, 4.69) is 33.8 Å². The molecule has 7 heteroatoms. The number of thiazole rings is 1. The van der Waals surface area contributed by atoms with Gasteiger partial charge < -0.3 is 10.6 Å². The Hall–Kier alpha value is -0.0200. The Kier molecular flexibility index (Phi) is 12.7. The summed E-state index contributed by atoms with van der Waals surface area (Å²) in [5.41, 5.74) is 0. The zero-order valence-electron chi connectivity index (χ0n) is 12.4. The lowest BCUT2D eigenvalue weighted by molar-refractivity contribution is 0.735. The number of aromatic nitrogens is 1. The molecule has 0 unspecified atom stereocenters. The van der Waals surface area contributed by atoms with Crippen molar-refractivity contribution in [3.8, 4) is 0 Å². The van der Waals surface area contributed by atoms with Crippen LogP contribution >= 0.6 is 47.1 Å². The summed E-state index contributed by atoms with van der Waals surface area (Å²) in [5.74, 6) is 2.13. The third-order valence-electron chi connectivity index (χ3n) is 2.47. The Morgan fingerprint density at radius 3 is 2.80 bits per heavy atom. The lowest BCUT2D eigenvalue weighted by atomic mass is 10.3. The standard InChI is InChI=1S/C13H24N4S2.HI/c1-4-14-13(15-7-5-6-8-18-3)17-10-12-9-16-11(2)19-12;/h9H,4-8,10H2,1-3H3,(H2,14,15,17);1H. The molecule has 1 aromatic rings. The Labute approximate surface area is 147 Å². The molecule has 116 valence electrons. The average molecular weight is 428 g/mol. The lowest BCUT2D eigenvalue weighted by Crippen LogP contribution is -2.37. The van der Waals surface area contributed by atoms with Crippen molar-refractivity contribution in [3.05, 3.63) is 16.1 Å². The van der Waals surface area contributed by atoms with Crippen LogP contribution in [0.5, 0.6) is 0 Å². The number of hydrogen-bond acceptors (Lipinski definition) is 4. The number of thioether (sulfide) groups is 1. The second kappa shape index (κ2) is 12.7. The van der Waals surface area contributed by atoms with Gasteiger partial charge in [0, 0.05) is 24.2 Å². The monoisotopic (exact) mass is 428 g/mol. The minimum atomic E-state index is 0. The fourth-order valence-corrected chi connectivity index (χ4v) is 2.77. The Balaban J connectivity index is 0.00000361. The van der Waals surface area contributed by atoms with Crippen molar-refractivity contribution < 1.29 is 0 Å². The van der Waals surface area contributed by atoms with Crippen LogP contribution in [0.15, 0.2) is 11.2 Å². The maximum atomic E-state index is 4.57. The molecular weight excluding hydrogens is 403 g/mol. The second-order valence-electron chi connectivity index (χ2n) is 4.17. The number of nitrogens with zero attached hydrogens (tertiary/aromatic N) is 2. The van der Waals surface area contributed by atoms with Crippen molar-refractivity contribution in [1.29, 1.82) is 0 Å². The number of rotatable bonds is 8. The van der Waals surface area contributed by atoms with Crippen LogP contribution in [-0.4, -0.2) is 36.0 Å². The van der Waals surface area contributed by atoms with Crippen LogP contribution in [-0.2, 0) is 6.54 Å². The van der Waals surface area contributed by atoms with E-state index in [4.69, 9.17) is 0 Å². The van der Waals surface area contributed by atoms with Gasteiger partial charge in [0.25, 0.3) is 0 Å². The van der Waals surface area contributed by atoms with Crippen molar-refractivity contribution in [1.82, 2.24) is 15.6 Å². The molecule has 20 heavy (non-hydrogen) atoms. The van der Waals surface area contributed by atoms with Crippen LogP contribution in [0.2, 0.25) is 0 Å². The third-order valence-corrected chi connectivity index (χ3v) is 4.07. The topological polar surface area (TPSA) is 49.3 Å². The van der Waals surface area contributed by atoms with E-state index in [1.165, 1.54) is 23.5 Å². The quantitative estimate of drug-likeness (QED) is 0.289. The molecule has 0 fully saturated rings. The summed E-state index contributed by atoms with van der Waals surface area (Å²) in [6, 6.07) is 0. The van der Waals surface area contributed by atoms with Gasteiger partial charge in [0.2, 0.25) is 0 Å². The lowest BCUT2D eigenvalue weighted by Gasteiger charge is -2.10. The Bertz CT molecular complexity index is 382. The highest BCUT2D eigenvalue weighted by atomic mass is 127. The average Bonchev–Trinajstić information content (AvgIpc) is 2.81. The summed E-state index contributed by atoms with van der Waals surface area (Å²) >= 11 is 3.61. The number of aliphatic imine (C=N–C) groups is 1. The van der Waals surface area contributed by atoms with E-state index in [0.29, 0.717) is 6.54 Å². The molecule has 0 aliphatic heterocycles. The van der Waals surface area contributed by atoms with Crippen molar-refractivity contribution in [2.24, 2.45) is 4.99 Å². The summed E-state index contributed by atoms with van der Waals surface area (Å²) in [7, 11) is 0. The first-order valence-corrected chi connectivity index (χ1v) is 8.89. The molecule has 4 nitrogen and oxygen atoms in total. The Morgan fingerprint density at radius 1 is 1.40 bits per heavy atom. The first kappa shape index (κ1) is 20.0. The second-order valence-corrected chi connectivity index (χ2v) is 6.47. The highest BCUT2D eigenvalue weighted by molar-refractivity contribution is 14.0. The minimum Gasteiger partial charge on any atom is -0.357 e. The molecule has 0 aromatic carbocycles. The van der Waals surface area contributed by atoms with E-state index in [0.717, 1.165) is 24.1 Å². The third kappa shape index (κ3) is 9.02. The molecule has 0 aliphatic carbocycles. The van der Waals surface area contributed by atoms with Gasteiger partial charge in [0.1, 0.15) is 0 Å². The van der Waals surface area contributed by atoms with Gasteiger partial charge in [-0.2, -0.15) is 11.8 Å². The highest BCUT2D eigenvalue weighted by Crippen LogP contribution is 2.12. The van der Waals surface area contributed by atoms with Gasteiger partial charge in [-0.05, 0) is 38.7 Å². The molecule has 0 saturated heterocycles. The molecule has 0 aliphatic rings. The fourth-order valence-electron chi connectivity index (χ4n) is 1.56. The van der Waals surface area contributed by atoms with Crippen LogP contribution in [0, 0.1) is 6.92 Å². The predicted molar refractivity (Wildman–Crippen MR) is 103 cm³/mol. The first-order chi connectivity index (χ1) is 9.26. The molecule has 0 saturated carbocycles. The molecule has 1 rings (SSSR count). The molecule has 0 amide bonds. The summed E-state index contributed by atoms with van der Waals surface area (Å²) < 4.78 is 0. The molecule has 0 atom stereocenters. The predicted octanol–water partition coefficient (Wildman–Crippen LogP) is 3.27. The molecule has 0 radical (unpaired) electrons. The molecule has 0 spiro atoms. The van der Waals surface area contributed by atoms with E-state index in [-0.39, 0.29) is 24.0 Å². The maximum absolute atomic E-state index is 4.57. The van der Waals surface area contributed by atoms with Crippen molar-refractivity contribution in [3.63, 3.8) is 0 Å². The summed E-state index contributed by atoms with van der Waals surface area (Å²) in [6.07, 6.45) is 6.49. The van der Waals surface area contributed by atoms with E-state index >= 15 is 0 Å². The van der Waals surface area contributed by atoms with Crippen LogP contribution in [0.4, 0.5) is 0 Å². The SMILES string of the molecule is CCNC(=NCc1cnc(C)s1)NCCCCSC.I. The summed E-state index contributed by atoms with van der Waals surface area (Å²) in [4.78, 5) is 10.0. The molecule has 2 N–H and O–H groups in total. The van der Waals surface area contributed by atoms with Crippen LogP contribution in [0.3, 0.4) is 0 Å². The van der Waals surface area contributed by atoms with Gasteiger partial charge in [-0.1, -0.05) is 0 Å². The van der Waals surface area contributed by atoms with Gasteiger partial charge in [-0.3, -0.25) is 0 Å². The number of hydrogen-bond donors (Lipinski definition) is 2. The number of nitrogens with one attached hydrogen (secondary N) is 2. The number of halogens is 1. The van der Waals surface area contributed by atoms with E-state index in [1.807, 2.05) is 24.9 Å². The maximum Gasteiger partial charge on any atom is 0.191 e. The van der Waals surface area contributed by atoms with Gasteiger partial charge in [-0.15, -0.1) is 35.3 Å². The van der Waals surface area contributed by atoms with Crippen molar-refractivity contribution >= 4 is 53.0 Å². The molecular formula is C13H25IN4S2. The summed E-state index contributed by atoms with van der Waals surface area (Å²) in [5, 5.41) is 7.74. The highest BCUT2D eigenvalue weighted by Gasteiger charge is 1.99. The molecule has 0 bridgehead atoms. The van der Waals surface area contributed by atoms with Gasteiger partial charge in [-0.25, -0.2) is 9.98 Å². The zero-order valence-corrected chi connectivity index (χ0v) is 16.4. The molecule has 1 heterocycles. The number of aryl methyl sites for hydroxylation is 1. The van der Waals surface area contributed by atoms with Gasteiger partial charge in [0.05, 0.1) is 11.6 Å². The number of guanidine groups is 1. The smallest absolute Gasteiger partial charge is 0.191 e. The first-order valence-electron chi connectivity index (χ1n) is 6.68. The Morgan fingerprint density at radius 2 is 2.20 bits per heavy atom. The van der Waals surface area contributed by atoms with Crippen molar-refractivity contribution in [2.75, 3.05) is 25.1 Å². The summed E-state index contributed by atoms with van der Waals surface area (Å²) in [6.45, 7) is 6.67. The van der Waals surface area contributed by atoms with Gasteiger partial charge >= 0.3 is 0 Å². The van der Waals surface area contributed by atoms with E-state index in [9.17, 15) is 0 Å². The molecule has 1 aromatic heterocycles. The minimum absolute atomic E-state index is 0. The zero-order chi connectivity index (χ0) is 13.9. The largest absolute Gasteiger partial charge is 0.357 e.